The zero-order chi connectivity index (χ0) is 16.4. The third-order valence-electron chi connectivity index (χ3n) is 3.87. The van der Waals surface area contributed by atoms with Crippen molar-refractivity contribution >= 4 is 11.8 Å². The molecule has 2 aromatic rings. The van der Waals surface area contributed by atoms with Gasteiger partial charge in [0.25, 0.3) is 0 Å². The van der Waals surface area contributed by atoms with Gasteiger partial charge in [-0.15, -0.1) is 11.8 Å². The molecule has 0 radical (unpaired) electrons. The minimum atomic E-state index is -4.30. The number of alkyl halides is 3. The van der Waals surface area contributed by atoms with Gasteiger partial charge in [-0.1, -0.05) is 35.9 Å². The molecule has 5 heteroatoms. The van der Waals surface area contributed by atoms with Crippen LogP contribution in [-0.2, 0) is 10.9 Å². The van der Waals surface area contributed by atoms with Crippen LogP contribution in [0.5, 0.6) is 0 Å². The molecule has 0 bridgehead atoms. The van der Waals surface area contributed by atoms with Crippen LogP contribution in [0.3, 0.4) is 0 Å². The summed E-state index contributed by atoms with van der Waals surface area (Å²) in [5.74, 6) is 0. The smallest absolute Gasteiger partial charge is 0.372 e. The van der Waals surface area contributed by atoms with Gasteiger partial charge in [0.1, 0.15) is 0 Å². The third-order valence-corrected chi connectivity index (χ3v) is 5.06. The van der Waals surface area contributed by atoms with Gasteiger partial charge in [0.15, 0.2) is 0 Å². The lowest BCUT2D eigenvalue weighted by Crippen LogP contribution is -2.05. The van der Waals surface area contributed by atoms with Crippen molar-refractivity contribution in [3.05, 3.63) is 65.2 Å². The minimum Gasteiger partial charge on any atom is -0.372 e. The fourth-order valence-electron chi connectivity index (χ4n) is 2.63. The summed E-state index contributed by atoms with van der Waals surface area (Å²) in [5.41, 5.74) is 1.72. The second-order valence-corrected chi connectivity index (χ2v) is 7.11. The maximum atomic E-state index is 12.8. The molecule has 0 spiro atoms. The van der Waals surface area contributed by atoms with Crippen LogP contribution in [0.25, 0.3) is 0 Å². The van der Waals surface area contributed by atoms with E-state index in [1.807, 2.05) is 19.1 Å². The monoisotopic (exact) mass is 338 g/mol. The van der Waals surface area contributed by atoms with Crippen molar-refractivity contribution in [1.29, 1.82) is 0 Å². The van der Waals surface area contributed by atoms with E-state index >= 15 is 0 Å². The number of aryl methyl sites for hydroxylation is 1. The molecule has 1 saturated heterocycles. The summed E-state index contributed by atoms with van der Waals surface area (Å²) in [6.07, 6.45) is -3.46. The maximum Gasteiger partial charge on any atom is 0.416 e. The predicted molar refractivity (Wildman–Crippen MR) is 85.6 cm³/mol. The molecule has 2 aromatic carbocycles. The summed E-state index contributed by atoms with van der Waals surface area (Å²) in [6.45, 7) is 2.59. The van der Waals surface area contributed by atoms with Crippen LogP contribution < -0.4 is 0 Å². The summed E-state index contributed by atoms with van der Waals surface area (Å²) in [5, 5.41) is 0.171. The first-order valence-corrected chi connectivity index (χ1v) is 8.32. The van der Waals surface area contributed by atoms with Gasteiger partial charge in [0.05, 0.1) is 18.3 Å². The first-order valence-electron chi connectivity index (χ1n) is 7.44. The van der Waals surface area contributed by atoms with E-state index in [9.17, 15) is 13.2 Å². The molecule has 122 valence electrons. The summed E-state index contributed by atoms with van der Waals surface area (Å²) < 4.78 is 44.1. The lowest BCUT2D eigenvalue weighted by atomic mass is 10.1. The van der Waals surface area contributed by atoms with Gasteiger partial charge < -0.3 is 4.74 Å². The number of thioether (sulfide) groups is 1. The van der Waals surface area contributed by atoms with E-state index in [1.165, 1.54) is 29.5 Å². The predicted octanol–water partition coefficient (Wildman–Crippen LogP) is 5.64. The van der Waals surface area contributed by atoms with Gasteiger partial charge >= 0.3 is 6.18 Å². The molecule has 1 heterocycles. The molecule has 0 N–H and O–H groups in total. The average molecular weight is 338 g/mol. The van der Waals surface area contributed by atoms with Gasteiger partial charge in [-0.2, -0.15) is 13.2 Å². The summed E-state index contributed by atoms with van der Waals surface area (Å²) in [7, 11) is 0. The highest BCUT2D eigenvalue weighted by Gasteiger charge is 2.31. The number of hydrogen-bond donors (Lipinski definition) is 0. The van der Waals surface area contributed by atoms with Crippen molar-refractivity contribution in [2.75, 3.05) is 6.61 Å². The minimum absolute atomic E-state index is 0.0268. The highest BCUT2D eigenvalue weighted by molar-refractivity contribution is 8.00. The van der Waals surface area contributed by atoms with Crippen LogP contribution in [0.2, 0.25) is 0 Å². The topological polar surface area (TPSA) is 9.23 Å². The van der Waals surface area contributed by atoms with Crippen molar-refractivity contribution in [2.45, 2.75) is 35.8 Å². The van der Waals surface area contributed by atoms with E-state index in [0.29, 0.717) is 11.5 Å². The van der Waals surface area contributed by atoms with Gasteiger partial charge in [0.2, 0.25) is 0 Å². The number of ether oxygens (including phenoxy) is 1. The Morgan fingerprint density at radius 3 is 2.52 bits per heavy atom. The fraction of sp³-hybridized carbons (Fsp3) is 0.333. The Morgan fingerprint density at radius 2 is 1.83 bits per heavy atom. The number of rotatable bonds is 3. The molecule has 2 unspecified atom stereocenters. The fourth-order valence-corrected chi connectivity index (χ4v) is 3.79. The highest BCUT2D eigenvalue weighted by atomic mass is 32.2. The number of benzene rings is 2. The Balaban J connectivity index is 1.65. The molecule has 2 atom stereocenters. The van der Waals surface area contributed by atoms with Crippen LogP contribution in [0.1, 0.15) is 29.2 Å². The zero-order valence-corrected chi connectivity index (χ0v) is 13.5. The van der Waals surface area contributed by atoms with E-state index in [4.69, 9.17) is 4.74 Å². The summed E-state index contributed by atoms with van der Waals surface area (Å²) in [4.78, 5) is 0.637. The van der Waals surface area contributed by atoms with Crippen LogP contribution in [0.4, 0.5) is 13.2 Å². The molecule has 1 aliphatic heterocycles. The molecule has 1 fully saturated rings. The Morgan fingerprint density at radius 1 is 1.09 bits per heavy atom. The second-order valence-electron chi connectivity index (χ2n) is 5.73. The number of halogens is 3. The van der Waals surface area contributed by atoms with Gasteiger partial charge in [-0.3, -0.25) is 0 Å². The van der Waals surface area contributed by atoms with Crippen molar-refractivity contribution in [3.63, 3.8) is 0 Å². The van der Waals surface area contributed by atoms with E-state index in [2.05, 4.69) is 12.1 Å². The van der Waals surface area contributed by atoms with Crippen LogP contribution >= 0.6 is 11.8 Å². The maximum absolute atomic E-state index is 12.8. The van der Waals surface area contributed by atoms with E-state index in [0.717, 1.165) is 18.1 Å². The van der Waals surface area contributed by atoms with Crippen LogP contribution in [0, 0.1) is 6.92 Å². The first kappa shape index (κ1) is 16.4. The molecule has 0 amide bonds. The Hall–Kier alpha value is -1.46. The lowest BCUT2D eigenvalue weighted by Gasteiger charge is -2.12. The van der Waals surface area contributed by atoms with E-state index < -0.39 is 11.7 Å². The van der Waals surface area contributed by atoms with E-state index in [1.54, 1.807) is 6.07 Å². The second kappa shape index (κ2) is 6.57. The van der Waals surface area contributed by atoms with Gasteiger partial charge in [0, 0.05) is 10.1 Å². The largest absolute Gasteiger partial charge is 0.416 e. The normalized spacial score (nSPS) is 21.6. The standard InChI is InChI=1S/C18H17F3OS/c1-12-5-7-13(8-6-12)17-10-16(11-22-17)23-15-4-2-3-14(9-15)18(19,20)21/h2-9,16-17H,10-11H2,1H3. The molecule has 3 rings (SSSR count). The molecule has 1 aliphatic rings. The Bertz CT molecular complexity index is 667. The van der Waals surface area contributed by atoms with Crippen molar-refractivity contribution in [3.8, 4) is 0 Å². The van der Waals surface area contributed by atoms with E-state index in [-0.39, 0.29) is 11.4 Å². The summed E-state index contributed by atoms with van der Waals surface area (Å²) in [6, 6.07) is 13.7. The SMILES string of the molecule is Cc1ccc(C2CC(Sc3cccc(C(F)(F)F)c3)CO2)cc1. The highest BCUT2D eigenvalue weighted by Crippen LogP contribution is 2.39. The first-order chi connectivity index (χ1) is 10.9. The molecule has 0 saturated carbocycles. The lowest BCUT2D eigenvalue weighted by molar-refractivity contribution is -0.137. The van der Waals surface area contributed by atoms with Crippen molar-refractivity contribution in [2.24, 2.45) is 0 Å². The molecule has 1 nitrogen and oxygen atoms in total. The Kier molecular flexibility index (Phi) is 4.69. The molecule has 0 aliphatic carbocycles. The number of hydrogen-bond acceptors (Lipinski definition) is 2. The molecule has 23 heavy (non-hydrogen) atoms. The van der Waals surface area contributed by atoms with Crippen molar-refractivity contribution in [1.82, 2.24) is 0 Å². The van der Waals surface area contributed by atoms with Gasteiger partial charge in [-0.05, 0) is 37.1 Å². The van der Waals surface area contributed by atoms with Crippen LogP contribution in [0.15, 0.2) is 53.4 Å². The van der Waals surface area contributed by atoms with Crippen molar-refractivity contribution < 1.29 is 17.9 Å². The molecular formula is C18H17F3OS. The summed E-state index contributed by atoms with van der Waals surface area (Å²) >= 11 is 1.46. The Labute approximate surface area is 137 Å². The average Bonchev–Trinajstić information content (AvgIpc) is 2.96. The quantitative estimate of drug-likeness (QED) is 0.716. The van der Waals surface area contributed by atoms with Gasteiger partial charge in [-0.25, -0.2) is 0 Å². The zero-order valence-electron chi connectivity index (χ0n) is 12.6. The third kappa shape index (κ3) is 4.09. The molecular weight excluding hydrogens is 321 g/mol. The molecule has 0 aromatic heterocycles. The van der Waals surface area contributed by atoms with Crippen LogP contribution in [-0.4, -0.2) is 11.9 Å².